The van der Waals surface area contributed by atoms with Crippen LogP contribution in [0.3, 0.4) is 0 Å². The van der Waals surface area contributed by atoms with Crippen molar-refractivity contribution in [3.8, 4) is 0 Å². The summed E-state index contributed by atoms with van der Waals surface area (Å²) in [6, 6.07) is 2.59. The zero-order valence-corrected chi connectivity index (χ0v) is 5.77. The maximum Gasteiger partial charge on any atom is 0.394 e. The van der Waals surface area contributed by atoms with Crippen molar-refractivity contribution < 1.29 is 9.31 Å². The predicted octanol–water partition coefficient (Wildman–Crippen LogP) is 2.22. The van der Waals surface area contributed by atoms with Gasteiger partial charge in [0.25, 0.3) is 5.69 Å². The largest absolute Gasteiger partial charge is 0.394 e. The molecule has 1 rings (SSSR count). The monoisotopic (exact) mass is 168 g/mol. The molecule has 6 heteroatoms. The van der Waals surface area contributed by atoms with Crippen LogP contribution in [0.4, 0.5) is 15.8 Å². The summed E-state index contributed by atoms with van der Waals surface area (Å²) >= 11 is 0. The topological polar surface area (TPSA) is 71.3 Å². The molecule has 0 spiro atoms. The second-order valence-corrected chi connectivity index (χ2v) is 2.02. The molecule has 0 aromatic heterocycles. The highest BCUT2D eigenvalue weighted by molar-refractivity contribution is 5.51. The first-order chi connectivity index (χ1) is 5.63. The van der Waals surface area contributed by atoms with Crippen LogP contribution in [0.15, 0.2) is 18.2 Å². The normalized spacial score (nSPS) is 9.00. The molecular weight excluding hydrogens is 165 g/mol. The van der Waals surface area contributed by atoms with Gasteiger partial charge < -0.3 is 0 Å². The van der Waals surface area contributed by atoms with Gasteiger partial charge in [-0.05, 0) is 0 Å². The van der Waals surface area contributed by atoms with Gasteiger partial charge in [0.2, 0.25) is 5.39 Å². The molecular formula is C6H3FN3O2+. The number of diazo groups is 1. The number of nitro groups is 1. The fourth-order valence-electron chi connectivity index (χ4n) is 0.722. The summed E-state index contributed by atoms with van der Waals surface area (Å²) in [4.78, 5) is 12.0. The SMILES string of the molecule is N#[N+]c1cc(F)cc([N+](=O)[O-])c1. The second kappa shape index (κ2) is 2.92. The zero-order chi connectivity index (χ0) is 9.14. The third kappa shape index (κ3) is 1.52. The number of nitrogens with zero attached hydrogens (tertiary/aromatic N) is 3. The lowest BCUT2D eigenvalue weighted by Gasteiger charge is -1.87. The van der Waals surface area contributed by atoms with Crippen molar-refractivity contribution >= 4 is 11.4 Å². The fraction of sp³-hybridized carbons (Fsp3) is 0. The van der Waals surface area contributed by atoms with Crippen LogP contribution in [-0.2, 0) is 0 Å². The summed E-state index contributed by atoms with van der Waals surface area (Å²) in [5.41, 5.74) is -0.621. The molecule has 0 unspecified atom stereocenters. The molecule has 0 fully saturated rings. The van der Waals surface area contributed by atoms with E-state index < -0.39 is 16.4 Å². The third-order valence-electron chi connectivity index (χ3n) is 1.19. The summed E-state index contributed by atoms with van der Waals surface area (Å²) < 4.78 is 12.5. The molecule has 0 atom stereocenters. The molecule has 0 aliphatic heterocycles. The van der Waals surface area contributed by atoms with Crippen molar-refractivity contribution in [3.63, 3.8) is 0 Å². The van der Waals surface area contributed by atoms with Gasteiger partial charge in [-0.2, -0.15) is 0 Å². The van der Waals surface area contributed by atoms with E-state index in [2.05, 4.69) is 4.98 Å². The molecule has 0 N–H and O–H groups in total. The van der Waals surface area contributed by atoms with Crippen molar-refractivity contribution in [3.05, 3.63) is 39.1 Å². The Morgan fingerprint density at radius 3 is 2.67 bits per heavy atom. The quantitative estimate of drug-likeness (QED) is 0.366. The molecule has 0 heterocycles. The van der Waals surface area contributed by atoms with Crippen molar-refractivity contribution in [1.82, 2.24) is 0 Å². The number of hydrogen-bond donors (Lipinski definition) is 0. The van der Waals surface area contributed by atoms with Crippen molar-refractivity contribution in [1.29, 1.82) is 5.39 Å². The lowest BCUT2D eigenvalue weighted by molar-refractivity contribution is -0.385. The first-order valence-corrected chi connectivity index (χ1v) is 2.93. The maximum absolute atomic E-state index is 12.5. The minimum Gasteiger partial charge on any atom is -0.258 e. The van der Waals surface area contributed by atoms with Crippen LogP contribution in [0.5, 0.6) is 0 Å². The summed E-state index contributed by atoms with van der Waals surface area (Å²) in [6.45, 7) is 0. The third-order valence-corrected chi connectivity index (χ3v) is 1.19. The minimum atomic E-state index is -0.808. The van der Waals surface area contributed by atoms with Crippen LogP contribution in [0.25, 0.3) is 4.98 Å². The van der Waals surface area contributed by atoms with E-state index in [0.717, 1.165) is 18.2 Å². The number of halogens is 1. The van der Waals surface area contributed by atoms with Crippen LogP contribution in [0.1, 0.15) is 0 Å². The molecule has 0 bridgehead atoms. The Morgan fingerprint density at radius 2 is 2.17 bits per heavy atom. The number of hydrogen-bond acceptors (Lipinski definition) is 3. The Bertz CT molecular complexity index is 372. The standard InChI is InChI=1S/C6H3FN3O2/c7-4-1-5(9-8)3-6(2-4)10(11)12/h1-3H/q+1. The number of non-ortho nitro benzene ring substituents is 1. The highest BCUT2D eigenvalue weighted by atomic mass is 19.1. The number of nitro benzene ring substituents is 1. The highest BCUT2D eigenvalue weighted by Gasteiger charge is 2.15. The van der Waals surface area contributed by atoms with Crippen LogP contribution in [0, 0.1) is 21.3 Å². The first-order valence-electron chi connectivity index (χ1n) is 2.93. The van der Waals surface area contributed by atoms with Crippen molar-refractivity contribution in [2.24, 2.45) is 0 Å². The Morgan fingerprint density at radius 1 is 1.50 bits per heavy atom. The van der Waals surface area contributed by atoms with Gasteiger partial charge in [0.05, 0.1) is 17.1 Å². The van der Waals surface area contributed by atoms with Crippen LogP contribution < -0.4 is 0 Å². The molecule has 60 valence electrons. The molecule has 0 amide bonds. The Kier molecular flexibility index (Phi) is 1.96. The smallest absolute Gasteiger partial charge is 0.258 e. The van der Waals surface area contributed by atoms with Gasteiger partial charge in [0.1, 0.15) is 11.9 Å². The lowest BCUT2D eigenvalue weighted by Crippen LogP contribution is -1.87. The van der Waals surface area contributed by atoms with Crippen molar-refractivity contribution in [2.75, 3.05) is 0 Å². The predicted molar refractivity (Wildman–Crippen MR) is 37.8 cm³/mol. The van der Waals surface area contributed by atoms with Crippen LogP contribution in [0.2, 0.25) is 0 Å². The van der Waals surface area contributed by atoms with Gasteiger partial charge in [-0.25, -0.2) is 4.39 Å². The second-order valence-electron chi connectivity index (χ2n) is 2.02. The van der Waals surface area contributed by atoms with E-state index in [0.29, 0.717) is 0 Å². The Hall–Kier alpha value is -2.03. The number of rotatable bonds is 1. The van der Waals surface area contributed by atoms with Gasteiger partial charge in [-0.3, -0.25) is 10.1 Å². The van der Waals surface area contributed by atoms with Gasteiger partial charge >= 0.3 is 5.69 Å². The summed E-state index contributed by atoms with van der Waals surface area (Å²) in [6.07, 6.45) is 0. The highest BCUT2D eigenvalue weighted by Crippen LogP contribution is 2.21. The van der Waals surface area contributed by atoms with E-state index in [4.69, 9.17) is 5.39 Å². The maximum atomic E-state index is 12.5. The average molecular weight is 168 g/mol. The lowest BCUT2D eigenvalue weighted by atomic mass is 10.3. The first kappa shape index (κ1) is 8.07. The van der Waals surface area contributed by atoms with E-state index in [1.165, 1.54) is 0 Å². The summed E-state index contributed by atoms with van der Waals surface area (Å²) in [7, 11) is 0. The molecule has 0 radical (unpaired) electrons. The molecule has 0 saturated carbocycles. The summed E-state index contributed by atoms with van der Waals surface area (Å²) in [5.74, 6) is -0.808. The van der Waals surface area contributed by atoms with E-state index >= 15 is 0 Å². The molecule has 1 aromatic carbocycles. The minimum absolute atomic E-state index is 0.179. The summed E-state index contributed by atoms with van der Waals surface area (Å²) in [5, 5.41) is 18.3. The molecule has 5 nitrogen and oxygen atoms in total. The van der Waals surface area contributed by atoms with Crippen LogP contribution >= 0.6 is 0 Å². The zero-order valence-electron chi connectivity index (χ0n) is 5.77. The van der Waals surface area contributed by atoms with Gasteiger partial charge in [-0.15, -0.1) is 0 Å². The fourth-order valence-corrected chi connectivity index (χ4v) is 0.722. The van der Waals surface area contributed by atoms with E-state index in [1.807, 2.05) is 0 Å². The van der Waals surface area contributed by atoms with E-state index in [1.54, 1.807) is 0 Å². The van der Waals surface area contributed by atoms with Crippen LogP contribution in [-0.4, -0.2) is 4.92 Å². The van der Waals surface area contributed by atoms with E-state index in [-0.39, 0.29) is 5.69 Å². The molecule has 1 aromatic rings. The Labute approximate surface area is 66.2 Å². The van der Waals surface area contributed by atoms with Gasteiger partial charge in [-0.1, -0.05) is 0 Å². The average Bonchev–Trinajstić information content (AvgIpc) is 2.03. The number of benzene rings is 1. The van der Waals surface area contributed by atoms with Gasteiger partial charge in [0.15, 0.2) is 4.98 Å². The molecule has 0 aliphatic rings. The van der Waals surface area contributed by atoms with E-state index in [9.17, 15) is 14.5 Å². The Balaban J connectivity index is 3.26. The molecule has 12 heavy (non-hydrogen) atoms. The molecule has 0 aliphatic carbocycles. The molecule has 0 saturated heterocycles. The van der Waals surface area contributed by atoms with Gasteiger partial charge in [0, 0.05) is 0 Å². The van der Waals surface area contributed by atoms with Crippen molar-refractivity contribution in [2.45, 2.75) is 0 Å².